The van der Waals surface area contributed by atoms with Gasteiger partial charge in [-0.15, -0.1) is 12.6 Å². The minimum atomic E-state index is -0.297. The number of carbonyl (C=O) groups excluding carboxylic acids is 1. The van der Waals surface area contributed by atoms with Crippen LogP contribution in [-0.4, -0.2) is 5.97 Å². The standard InChI is InChI=1S/C10H12O2S/c1-6-7(2)10(13)5-4-9(6)12-8(3)11/h4-5,13H,1-3H3. The van der Waals surface area contributed by atoms with Crippen molar-refractivity contribution in [2.75, 3.05) is 0 Å². The number of benzene rings is 1. The first-order valence-electron chi connectivity index (χ1n) is 4.00. The van der Waals surface area contributed by atoms with Crippen LogP contribution >= 0.6 is 12.6 Å². The van der Waals surface area contributed by atoms with Crippen LogP contribution in [0.1, 0.15) is 18.1 Å². The topological polar surface area (TPSA) is 26.3 Å². The Bertz CT molecular complexity index is 345. The van der Waals surface area contributed by atoms with E-state index in [2.05, 4.69) is 12.6 Å². The lowest BCUT2D eigenvalue weighted by Crippen LogP contribution is -2.03. The maximum atomic E-state index is 10.7. The van der Waals surface area contributed by atoms with E-state index in [4.69, 9.17) is 4.74 Å². The lowest BCUT2D eigenvalue weighted by atomic mass is 10.1. The summed E-state index contributed by atoms with van der Waals surface area (Å²) in [5, 5.41) is 0. The molecule has 70 valence electrons. The van der Waals surface area contributed by atoms with Crippen LogP contribution in [-0.2, 0) is 4.79 Å². The number of thiol groups is 1. The van der Waals surface area contributed by atoms with Crippen molar-refractivity contribution < 1.29 is 9.53 Å². The minimum absolute atomic E-state index is 0.297. The van der Waals surface area contributed by atoms with E-state index in [1.54, 1.807) is 6.07 Å². The molecule has 0 N–H and O–H groups in total. The average Bonchev–Trinajstić information content (AvgIpc) is 2.06. The molecule has 2 nitrogen and oxygen atoms in total. The highest BCUT2D eigenvalue weighted by atomic mass is 32.1. The molecule has 0 heterocycles. The van der Waals surface area contributed by atoms with Gasteiger partial charge in [-0.2, -0.15) is 0 Å². The van der Waals surface area contributed by atoms with Gasteiger partial charge < -0.3 is 4.74 Å². The Morgan fingerprint density at radius 2 is 1.92 bits per heavy atom. The lowest BCUT2D eigenvalue weighted by molar-refractivity contribution is -0.131. The van der Waals surface area contributed by atoms with Crippen LogP contribution in [0.15, 0.2) is 17.0 Å². The molecule has 0 aliphatic heterocycles. The van der Waals surface area contributed by atoms with Crippen molar-refractivity contribution in [2.45, 2.75) is 25.7 Å². The van der Waals surface area contributed by atoms with E-state index in [1.807, 2.05) is 19.9 Å². The van der Waals surface area contributed by atoms with Gasteiger partial charge in [-0.05, 0) is 37.1 Å². The molecule has 3 heteroatoms. The molecule has 0 saturated carbocycles. The van der Waals surface area contributed by atoms with Gasteiger partial charge >= 0.3 is 5.97 Å². The van der Waals surface area contributed by atoms with Crippen LogP contribution in [0.4, 0.5) is 0 Å². The normalized spacial score (nSPS) is 9.85. The molecule has 13 heavy (non-hydrogen) atoms. The van der Waals surface area contributed by atoms with Crippen LogP contribution in [0, 0.1) is 13.8 Å². The Morgan fingerprint density at radius 1 is 1.31 bits per heavy atom. The minimum Gasteiger partial charge on any atom is -0.426 e. The molecule has 1 rings (SSSR count). The summed E-state index contributed by atoms with van der Waals surface area (Å²) in [5.41, 5.74) is 2.00. The zero-order valence-corrected chi connectivity index (χ0v) is 8.81. The molecule has 0 saturated heterocycles. The number of carbonyl (C=O) groups is 1. The summed E-state index contributed by atoms with van der Waals surface area (Å²) in [6.45, 7) is 5.25. The third-order valence-corrected chi connectivity index (χ3v) is 2.45. The van der Waals surface area contributed by atoms with E-state index in [9.17, 15) is 4.79 Å². The summed E-state index contributed by atoms with van der Waals surface area (Å²) < 4.78 is 5.01. The SMILES string of the molecule is CC(=O)Oc1ccc(S)c(C)c1C. The van der Waals surface area contributed by atoms with Gasteiger partial charge in [0.2, 0.25) is 0 Å². The number of hydrogen-bond acceptors (Lipinski definition) is 3. The highest BCUT2D eigenvalue weighted by Crippen LogP contribution is 2.26. The fourth-order valence-corrected chi connectivity index (χ4v) is 1.29. The van der Waals surface area contributed by atoms with Crippen LogP contribution in [0.3, 0.4) is 0 Å². The van der Waals surface area contributed by atoms with E-state index in [0.29, 0.717) is 5.75 Å². The van der Waals surface area contributed by atoms with E-state index in [-0.39, 0.29) is 5.97 Å². The van der Waals surface area contributed by atoms with E-state index >= 15 is 0 Å². The molecule has 0 radical (unpaired) electrons. The predicted molar refractivity (Wildman–Crippen MR) is 54.5 cm³/mol. The van der Waals surface area contributed by atoms with Crippen LogP contribution in [0.5, 0.6) is 5.75 Å². The number of esters is 1. The molecular weight excluding hydrogens is 184 g/mol. The molecular formula is C10H12O2S. The molecule has 1 aromatic rings. The van der Waals surface area contributed by atoms with Gasteiger partial charge in [0.1, 0.15) is 5.75 Å². The van der Waals surface area contributed by atoms with E-state index in [0.717, 1.165) is 16.0 Å². The van der Waals surface area contributed by atoms with Crippen molar-refractivity contribution in [3.63, 3.8) is 0 Å². The first-order valence-corrected chi connectivity index (χ1v) is 4.44. The number of hydrogen-bond donors (Lipinski definition) is 1. The summed E-state index contributed by atoms with van der Waals surface area (Å²) in [7, 11) is 0. The molecule has 0 aromatic heterocycles. The highest BCUT2D eigenvalue weighted by molar-refractivity contribution is 7.80. The van der Waals surface area contributed by atoms with E-state index < -0.39 is 0 Å². The quantitative estimate of drug-likeness (QED) is 0.424. The summed E-state index contributed by atoms with van der Waals surface area (Å²) in [4.78, 5) is 11.6. The van der Waals surface area contributed by atoms with Crippen LogP contribution in [0.2, 0.25) is 0 Å². The monoisotopic (exact) mass is 196 g/mol. The second kappa shape index (κ2) is 3.83. The van der Waals surface area contributed by atoms with Gasteiger partial charge in [0.25, 0.3) is 0 Å². The fourth-order valence-electron chi connectivity index (χ4n) is 1.05. The van der Waals surface area contributed by atoms with Gasteiger partial charge in [0, 0.05) is 11.8 Å². The Morgan fingerprint density at radius 3 is 2.46 bits per heavy atom. The molecule has 0 aliphatic carbocycles. The molecule has 0 bridgehead atoms. The molecule has 0 atom stereocenters. The van der Waals surface area contributed by atoms with Crippen molar-refractivity contribution in [2.24, 2.45) is 0 Å². The van der Waals surface area contributed by atoms with Crippen molar-refractivity contribution in [1.82, 2.24) is 0 Å². The van der Waals surface area contributed by atoms with Gasteiger partial charge in [0.15, 0.2) is 0 Å². The molecule has 0 fully saturated rings. The second-order valence-corrected chi connectivity index (χ2v) is 3.41. The van der Waals surface area contributed by atoms with Crippen molar-refractivity contribution in [1.29, 1.82) is 0 Å². The maximum Gasteiger partial charge on any atom is 0.308 e. The Labute approximate surface area is 83.3 Å². The fraction of sp³-hybridized carbons (Fsp3) is 0.300. The highest BCUT2D eigenvalue weighted by Gasteiger charge is 2.06. The van der Waals surface area contributed by atoms with Gasteiger partial charge in [-0.3, -0.25) is 4.79 Å². The first-order chi connectivity index (χ1) is 6.02. The summed E-state index contributed by atoms with van der Waals surface area (Å²) in [6.07, 6.45) is 0. The summed E-state index contributed by atoms with van der Waals surface area (Å²) in [5.74, 6) is 0.317. The van der Waals surface area contributed by atoms with E-state index in [1.165, 1.54) is 6.92 Å². The molecule has 0 aliphatic rings. The predicted octanol–water partition coefficient (Wildman–Crippen LogP) is 2.52. The van der Waals surface area contributed by atoms with Crippen molar-refractivity contribution in [3.8, 4) is 5.75 Å². The van der Waals surface area contributed by atoms with Crippen LogP contribution < -0.4 is 4.74 Å². The molecule has 0 amide bonds. The molecule has 0 spiro atoms. The first kappa shape index (κ1) is 10.1. The molecule has 0 unspecified atom stereocenters. The third-order valence-electron chi connectivity index (χ3n) is 1.96. The zero-order valence-electron chi connectivity index (χ0n) is 7.92. The van der Waals surface area contributed by atoms with Crippen molar-refractivity contribution >= 4 is 18.6 Å². The van der Waals surface area contributed by atoms with Gasteiger partial charge in [-0.1, -0.05) is 0 Å². The largest absolute Gasteiger partial charge is 0.426 e. The third kappa shape index (κ3) is 2.25. The molecule has 1 aromatic carbocycles. The lowest BCUT2D eigenvalue weighted by Gasteiger charge is -2.09. The summed E-state index contributed by atoms with van der Waals surface area (Å²) in [6, 6.07) is 3.58. The van der Waals surface area contributed by atoms with Gasteiger partial charge in [0.05, 0.1) is 0 Å². The van der Waals surface area contributed by atoms with Crippen LogP contribution in [0.25, 0.3) is 0 Å². The summed E-state index contributed by atoms with van der Waals surface area (Å²) >= 11 is 4.26. The average molecular weight is 196 g/mol. The zero-order chi connectivity index (χ0) is 10.0. The Kier molecular flexibility index (Phi) is 2.98. The second-order valence-electron chi connectivity index (χ2n) is 2.93. The maximum absolute atomic E-state index is 10.7. The number of ether oxygens (including phenoxy) is 1. The Balaban J connectivity index is 3.10. The smallest absolute Gasteiger partial charge is 0.308 e. The van der Waals surface area contributed by atoms with Gasteiger partial charge in [-0.25, -0.2) is 0 Å². The number of rotatable bonds is 1. The Hall–Kier alpha value is -0.960. The van der Waals surface area contributed by atoms with Crippen molar-refractivity contribution in [3.05, 3.63) is 23.3 Å².